The van der Waals surface area contributed by atoms with Crippen molar-refractivity contribution in [3.8, 4) is 0 Å². The first kappa shape index (κ1) is 15.2. The molecule has 0 unspecified atom stereocenters. The Kier molecular flexibility index (Phi) is 4.52. The van der Waals surface area contributed by atoms with E-state index in [4.69, 9.17) is 0 Å². The summed E-state index contributed by atoms with van der Waals surface area (Å²) in [6.07, 6.45) is 4.82. The minimum atomic E-state index is 0.0703. The van der Waals surface area contributed by atoms with Crippen molar-refractivity contribution < 1.29 is 4.79 Å². The summed E-state index contributed by atoms with van der Waals surface area (Å²) in [5.41, 5.74) is 1.20. The number of rotatable bonds is 6. The summed E-state index contributed by atoms with van der Waals surface area (Å²) in [4.78, 5) is 16.5. The van der Waals surface area contributed by atoms with Crippen LogP contribution in [0, 0.1) is 11.8 Å². The number of benzene rings is 1. The molecule has 0 saturated heterocycles. The molecule has 5 heteroatoms. The Morgan fingerprint density at radius 3 is 2.77 bits per heavy atom. The maximum atomic E-state index is 12.3. The molecule has 1 saturated carbocycles. The summed E-state index contributed by atoms with van der Waals surface area (Å²) in [5, 5.41) is 4.08. The summed E-state index contributed by atoms with van der Waals surface area (Å²) < 4.78 is 1.93. The van der Waals surface area contributed by atoms with Gasteiger partial charge in [-0.25, -0.2) is 4.98 Å². The van der Waals surface area contributed by atoms with Gasteiger partial charge in [-0.1, -0.05) is 49.0 Å². The summed E-state index contributed by atoms with van der Waals surface area (Å²) in [6.45, 7) is 2.25. The van der Waals surface area contributed by atoms with Crippen molar-refractivity contribution in [2.75, 3.05) is 5.75 Å². The molecule has 0 spiro atoms. The first-order valence-electron chi connectivity index (χ1n) is 7.59. The van der Waals surface area contributed by atoms with Gasteiger partial charge in [0.2, 0.25) is 5.91 Å². The van der Waals surface area contributed by atoms with Crippen LogP contribution in [0.2, 0.25) is 0 Å². The predicted octanol–water partition coefficient (Wildman–Crippen LogP) is 3.03. The van der Waals surface area contributed by atoms with Crippen molar-refractivity contribution in [2.24, 2.45) is 18.9 Å². The Morgan fingerprint density at radius 2 is 2.18 bits per heavy atom. The van der Waals surface area contributed by atoms with Crippen molar-refractivity contribution in [3.05, 3.63) is 48.3 Å². The van der Waals surface area contributed by atoms with Crippen LogP contribution >= 0.6 is 11.8 Å². The largest absolute Gasteiger partial charge is 0.348 e. The Morgan fingerprint density at radius 1 is 1.45 bits per heavy atom. The maximum Gasteiger partial charge on any atom is 0.230 e. The van der Waals surface area contributed by atoms with E-state index < -0.39 is 0 Å². The Balaban J connectivity index is 1.61. The van der Waals surface area contributed by atoms with E-state index in [1.165, 1.54) is 23.7 Å². The number of thioether (sulfide) groups is 1. The fraction of sp³-hybridized carbons (Fsp3) is 0.412. The molecular formula is C17H21N3OS. The second kappa shape index (κ2) is 6.57. The topological polar surface area (TPSA) is 46.9 Å². The minimum Gasteiger partial charge on any atom is -0.348 e. The Hall–Kier alpha value is -1.75. The van der Waals surface area contributed by atoms with Crippen LogP contribution in [0.1, 0.15) is 24.9 Å². The molecule has 1 aliphatic carbocycles. The van der Waals surface area contributed by atoms with E-state index >= 15 is 0 Å². The molecule has 3 rings (SSSR count). The molecule has 1 fully saturated rings. The molecule has 3 atom stereocenters. The Labute approximate surface area is 135 Å². The second-order valence-electron chi connectivity index (χ2n) is 5.94. The van der Waals surface area contributed by atoms with Gasteiger partial charge in [-0.3, -0.25) is 4.79 Å². The summed E-state index contributed by atoms with van der Waals surface area (Å²) in [7, 11) is 1.94. The number of nitrogens with one attached hydrogen (secondary N) is 1. The first-order valence-corrected chi connectivity index (χ1v) is 8.58. The van der Waals surface area contributed by atoms with E-state index in [0.29, 0.717) is 17.6 Å². The molecule has 0 bridgehead atoms. The van der Waals surface area contributed by atoms with E-state index in [1.54, 1.807) is 6.20 Å². The van der Waals surface area contributed by atoms with Crippen LogP contribution < -0.4 is 5.32 Å². The molecule has 4 nitrogen and oxygen atoms in total. The average molecular weight is 315 g/mol. The monoisotopic (exact) mass is 315 g/mol. The molecule has 22 heavy (non-hydrogen) atoms. The van der Waals surface area contributed by atoms with Crippen LogP contribution in [0.25, 0.3) is 0 Å². The first-order chi connectivity index (χ1) is 10.6. The van der Waals surface area contributed by atoms with E-state index in [9.17, 15) is 4.79 Å². The second-order valence-corrected chi connectivity index (χ2v) is 6.88. The SMILES string of the molecule is C[C@@H]1C[C@H]1[C@H](NC(=O)CSc1nccn1C)c1ccccc1. The van der Waals surface area contributed by atoms with Crippen molar-refractivity contribution in [1.82, 2.24) is 14.9 Å². The highest BCUT2D eigenvalue weighted by Crippen LogP contribution is 2.46. The summed E-state index contributed by atoms with van der Waals surface area (Å²) in [5.74, 6) is 1.72. The molecule has 116 valence electrons. The highest BCUT2D eigenvalue weighted by molar-refractivity contribution is 7.99. The van der Waals surface area contributed by atoms with Gasteiger partial charge in [0.25, 0.3) is 0 Å². The van der Waals surface area contributed by atoms with Gasteiger partial charge in [-0.05, 0) is 23.8 Å². The third kappa shape index (κ3) is 3.53. The van der Waals surface area contributed by atoms with Gasteiger partial charge in [0, 0.05) is 19.4 Å². The third-order valence-electron chi connectivity index (χ3n) is 4.18. The Bertz CT molecular complexity index is 640. The molecule has 1 heterocycles. The van der Waals surface area contributed by atoms with Gasteiger partial charge in [-0.15, -0.1) is 0 Å². The maximum absolute atomic E-state index is 12.3. The normalized spacial score (nSPS) is 21.4. The summed E-state index contributed by atoms with van der Waals surface area (Å²) in [6, 6.07) is 10.4. The third-order valence-corrected chi connectivity index (χ3v) is 5.24. The summed E-state index contributed by atoms with van der Waals surface area (Å²) >= 11 is 1.47. The number of aryl methyl sites for hydroxylation is 1. The number of hydrogen-bond donors (Lipinski definition) is 1. The molecule has 2 aromatic rings. The molecule has 1 N–H and O–H groups in total. The van der Waals surface area contributed by atoms with Crippen LogP contribution in [-0.2, 0) is 11.8 Å². The van der Waals surface area contributed by atoms with Gasteiger partial charge in [0.1, 0.15) is 0 Å². The minimum absolute atomic E-state index is 0.0703. The lowest BCUT2D eigenvalue weighted by atomic mass is 10.0. The van der Waals surface area contributed by atoms with Gasteiger partial charge in [0.15, 0.2) is 5.16 Å². The van der Waals surface area contributed by atoms with Crippen molar-refractivity contribution >= 4 is 17.7 Å². The quantitative estimate of drug-likeness (QED) is 0.834. The molecule has 0 aliphatic heterocycles. The number of nitrogens with zero attached hydrogens (tertiary/aromatic N) is 2. The van der Waals surface area contributed by atoms with Gasteiger partial charge in [-0.2, -0.15) is 0 Å². The lowest BCUT2D eigenvalue weighted by Gasteiger charge is -2.19. The van der Waals surface area contributed by atoms with Crippen molar-refractivity contribution in [2.45, 2.75) is 24.5 Å². The lowest BCUT2D eigenvalue weighted by molar-refractivity contribution is -0.119. The van der Waals surface area contributed by atoms with Crippen LogP contribution in [-0.4, -0.2) is 21.2 Å². The van der Waals surface area contributed by atoms with E-state index in [0.717, 1.165) is 5.16 Å². The molecule has 1 aromatic heterocycles. The van der Waals surface area contributed by atoms with E-state index in [-0.39, 0.29) is 11.9 Å². The average Bonchev–Trinajstić information content (AvgIpc) is 3.10. The van der Waals surface area contributed by atoms with E-state index in [2.05, 4.69) is 29.4 Å². The number of amides is 1. The molecule has 1 amide bonds. The zero-order valence-corrected chi connectivity index (χ0v) is 13.7. The smallest absolute Gasteiger partial charge is 0.230 e. The van der Waals surface area contributed by atoms with Crippen LogP contribution in [0.15, 0.2) is 47.9 Å². The van der Waals surface area contributed by atoms with Crippen molar-refractivity contribution in [1.29, 1.82) is 0 Å². The van der Waals surface area contributed by atoms with Crippen LogP contribution in [0.4, 0.5) is 0 Å². The lowest BCUT2D eigenvalue weighted by Crippen LogP contribution is -2.31. The highest BCUT2D eigenvalue weighted by atomic mass is 32.2. The fourth-order valence-electron chi connectivity index (χ4n) is 2.75. The molecule has 1 aliphatic rings. The molecule has 0 radical (unpaired) electrons. The zero-order valence-electron chi connectivity index (χ0n) is 12.9. The van der Waals surface area contributed by atoms with Crippen LogP contribution in [0.5, 0.6) is 0 Å². The molecular weight excluding hydrogens is 294 g/mol. The predicted molar refractivity (Wildman–Crippen MR) is 88.5 cm³/mol. The molecule has 1 aromatic carbocycles. The standard InChI is InChI=1S/C17H21N3OS/c1-12-10-14(12)16(13-6-4-3-5-7-13)19-15(21)11-22-17-18-8-9-20(17)2/h3-9,12,14,16H,10-11H2,1-2H3,(H,19,21)/t12-,14-,16-/m1/s1. The number of carbonyl (C=O) groups excluding carboxylic acids is 1. The zero-order chi connectivity index (χ0) is 15.5. The number of imidazole rings is 1. The number of carbonyl (C=O) groups is 1. The van der Waals surface area contributed by atoms with Crippen LogP contribution in [0.3, 0.4) is 0 Å². The van der Waals surface area contributed by atoms with Gasteiger partial charge in [0.05, 0.1) is 11.8 Å². The number of aromatic nitrogens is 2. The van der Waals surface area contributed by atoms with Gasteiger partial charge >= 0.3 is 0 Å². The van der Waals surface area contributed by atoms with Crippen molar-refractivity contribution in [3.63, 3.8) is 0 Å². The number of hydrogen-bond acceptors (Lipinski definition) is 3. The van der Waals surface area contributed by atoms with E-state index in [1.807, 2.05) is 36.0 Å². The van der Waals surface area contributed by atoms with Gasteiger partial charge < -0.3 is 9.88 Å². The highest BCUT2D eigenvalue weighted by Gasteiger charge is 2.40. The fourth-order valence-corrected chi connectivity index (χ4v) is 3.49.